The van der Waals surface area contributed by atoms with Crippen molar-refractivity contribution in [1.29, 1.82) is 0 Å². The highest BCUT2D eigenvalue weighted by atomic mass is 32.2. The molecule has 16 heavy (non-hydrogen) atoms. The molecular weight excluding hydrogens is 224 g/mol. The lowest BCUT2D eigenvalue weighted by molar-refractivity contribution is 0.451. The first-order valence-corrected chi connectivity index (χ1v) is 6.39. The largest absolute Gasteiger partial charge is 0.399 e. The topological polar surface area (TPSA) is 63.4 Å². The number of nitrogens with zero attached hydrogens (tertiary/aromatic N) is 1. The normalized spacial score (nSPS) is 17.3. The number of sulfone groups is 1. The van der Waals surface area contributed by atoms with Crippen LogP contribution in [0.15, 0.2) is 28.0 Å². The van der Waals surface area contributed by atoms with Gasteiger partial charge in [0.2, 0.25) is 9.84 Å². The maximum atomic E-state index is 12.1. The van der Waals surface area contributed by atoms with Gasteiger partial charge in [-0.2, -0.15) is 0 Å². The summed E-state index contributed by atoms with van der Waals surface area (Å²) in [4.78, 5) is 2.62. The second-order valence-electron chi connectivity index (χ2n) is 4.15. The van der Waals surface area contributed by atoms with Crippen LogP contribution in [0.5, 0.6) is 0 Å². The Hall–Kier alpha value is -1.33. The van der Waals surface area contributed by atoms with Gasteiger partial charge in [-0.05, 0) is 43.9 Å². The van der Waals surface area contributed by atoms with Crippen molar-refractivity contribution < 1.29 is 8.42 Å². The number of rotatable bonds is 2. The third kappa shape index (κ3) is 1.72. The van der Waals surface area contributed by atoms with Gasteiger partial charge < -0.3 is 10.6 Å². The molecule has 0 amide bonds. The van der Waals surface area contributed by atoms with Crippen LogP contribution in [-0.4, -0.2) is 34.0 Å². The molecule has 0 spiro atoms. The molecule has 0 atom stereocenters. The van der Waals surface area contributed by atoms with E-state index < -0.39 is 9.84 Å². The minimum absolute atomic E-state index is 0.360. The Bertz CT molecular complexity index is 559. The van der Waals surface area contributed by atoms with Crippen molar-refractivity contribution in [3.63, 3.8) is 0 Å². The van der Waals surface area contributed by atoms with Crippen LogP contribution in [0.2, 0.25) is 0 Å². The van der Waals surface area contributed by atoms with Gasteiger partial charge in [-0.1, -0.05) is 0 Å². The Morgan fingerprint density at radius 3 is 2.62 bits per heavy atom. The molecule has 1 aromatic carbocycles. The third-order valence-electron chi connectivity index (χ3n) is 2.46. The van der Waals surface area contributed by atoms with Gasteiger partial charge in [-0.15, -0.1) is 0 Å². The fourth-order valence-electron chi connectivity index (χ4n) is 1.76. The van der Waals surface area contributed by atoms with E-state index in [-0.39, 0.29) is 0 Å². The van der Waals surface area contributed by atoms with Gasteiger partial charge in [0, 0.05) is 12.2 Å². The molecule has 86 valence electrons. The number of nitrogens with two attached hydrogens (primary N) is 1. The molecule has 1 aliphatic rings. The standard InChI is InChI=1S/C11H14N2O2S/c1-13(2)7-10-6-8-5-9(12)3-4-11(8)16(10,14)15/h3-6H,7,12H2,1-2H3. The second kappa shape index (κ2) is 3.61. The Morgan fingerprint density at radius 2 is 2.00 bits per heavy atom. The lowest BCUT2D eigenvalue weighted by Gasteiger charge is -2.10. The zero-order valence-electron chi connectivity index (χ0n) is 9.27. The molecule has 2 N–H and O–H groups in total. The van der Waals surface area contributed by atoms with E-state index in [1.54, 1.807) is 24.3 Å². The van der Waals surface area contributed by atoms with E-state index in [4.69, 9.17) is 5.73 Å². The molecule has 5 heteroatoms. The quantitative estimate of drug-likeness (QED) is 0.779. The van der Waals surface area contributed by atoms with Gasteiger partial charge in [-0.3, -0.25) is 0 Å². The van der Waals surface area contributed by atoms with Crippen LogP contribution in [0.25, 0.3) is 6.08 Å². The summed E-state index contributed by atoms with van der Waals surface area (Å²) in [7, 11) is 0.388. The summed E-state index contributed by atoms with van der Waals surface area (Å²) in [6.07, 6.45) is 1.70. The SMILES string of the molecule is CN(C)CC1=Cc2cc(N)ccc2S1(=O)=O. The third-order valence-corrected chi connectivity index (χ3v) is 4.35. The number of anilines is 1. The van der Waals surface area contributed by atoms with E-state index in [0.29, 0.717) is 27.6 Å². The van der Waals surface area contributed by atoms with Crippen molar-refractivity contribution in [1.82, 2.24) is 4.90 Å². The van der Waals surface area contributed by atoms with Crippen LogP contribution >= 0.6 is 0 Å². The lowest BCUT2D eigenvalue weighted by Crippen LogP contribution is -2.18. The first-order valence-electron chi connectivity index (χ1n) is 4.91. The predicted molar refractivity (Wildman–Crippen MR) is 64.6 cm³/mol. The van der Waals surface area contributed by atoms with Crippen molar-refractivity contribution in [2.45, 2.75) is 4.90 Å². The molecule has 0 unspecified atom stereocenters. The Morgan fingerprint density at radius 1 is 1.31 bits per heavy atom. The summed E-state index contributed by atoms with van der Waals surface area (Å²) >= 11 is 0. The zero-order chi connectivity index (χ0) is 11.9. The molecular formula is C11H14N2O2S. The monoisotopic (exact) mass is 238 g/mol. The summed E-state index contributed by atoms with van der Waals surface area (Å²) in [5.41, 5.74) is 6.90. The van der Waals surface area contributed by atoms with Gasteiger partial charge in [0.05, 0.1) is 9.80 Å². The maximum Gasteiger partial charge on any atom is 0.204 e. The Labute approximate surface area is 95.3 Å². The van der Waals surface area contributed by atoms with Gasteiger partial charge >= 0.3 is 0 Å². The average Bonchev–Trinajstić information content (AvgIpc) is 2.37. The summed E-state index contributed by atoms with van der Waals surface area (Å²) < 4.78 is 24.2. The highest BCUT2D eigenvalue weighted by Gasteiger charge is 2.29. The molecule has 1 aromatic rings. The summed E-state index contributed by atoms with van der Waals surface area (Å²) in [5, 5.41) is 0. The molecule has 0 radical (unpaired) electrons. The van der Waals surface area contributed by atoms with Crippen LogP contribution < -0.4 is 5.73 Å². The minimum atomic E-state index is -3.29. The molecule has 0 bridgehead atoms. The smallest absolute Gasteiger partial charge is 0.204 e. The first-order chi connectivity index (χ1) is 7.41. The van der Waals surface area contributed by atoms with Crippen molar-refractivity contribution in [3.05, 3.63) is 28.7 Å². The van der Waals surface area contributed by atoms with E-state index in [1.165, 1.54) is 0 Å². The highest BCUT2D eigenvalue weighted by molar-refractivity contribution is 7.95. The number of nitrogen functional groups attached to an aromatic ring is 1. The molecule has 4 nitrogen and oxygen atoms in total. The zero-order valence-corrected chi connectivity index (χ0v) is 10.1. The molecule has 1 heterocycles. The summed E-state index contributed by atoms with van der Waals surface area (Å²) in [6.45, 7) is 0.414. The van der Waals surface area contributed by atoms with Gasteiger partial charge in [0.25, 0.3) is 0 Å². The van der Waals surface area contributed by atoms with E-state index >= 15 is 0 Å². The van der Waals surface area contributed by atoms with Crippen LogP contribution in [0, 0.1) is 0 Å². The number of hydrogen-bond donors (Lipinski definition) is 1. The molecule has 0 saturated heterocycles. The van der Waals surface area contributed by atoms with Crippen molar-refractivity contribution in [2.75, 3.05) is 26.4 Å². The number of benzene rings is 1. The number of likely N-dealkylation sites (N-methyl/N-ethyl adjacent to an activating group) is 1. The molecule has 1 aliphatic heterocycles. The van der Waals surface area contributed by atoms with Crippen molar-refractivity contribution in [2.24, 2.45) is 0 Å². The Kier molecular flexibility index (Phi) is 2.52. The van der Waals surface area contributed by atoms with Crippen LogP contribution in [0.4, 0.5) is 5.69 Å². The minimum Gasteiger partial charge on any atom is -0.399 e. The molecule has 2 rings (SSSR count). The molecule has 0 aromatic heterocycles. The van der Waals surface area contributed by atoms with E-state index in [1.807, 2.05) is 19.0 Å². The van der Waals surface area contributed by atoms with E-state index in [2.05, 4.69) is 0 Å². The first kappa shape index (κ1) is 11.2. The fraction of sp³-hybridized carbons (Fsp3) is 0.273. The van der Waals surface area contributed by atoms with E-state index in [0.717, 1.165) is 0 Å². The van der Waals surface area contributed by atoms with Gasteiger partial charge in [0.15, 0.2) is 0 Å². The van der Waals surface area contributed by atoms with Gasteiger partial charge in [0.1, 0.15) is 0 Å². The van der Waals surface area contributed by atoms with Gasteiger partial charge in [-0.25, -0.2) is 8.42 Å². The fourth-order valence-corrected chi connectivity index (χ4v) is 3.43. The molecule has 0 fully saturated rings. The maximum absolute atomic E-state index is 12.1. The predicted octanol–water partition coefficient (Wildman–Crippen LogP) is 0.959. The average molecular weight is 238 g/mol. The lowest BCUT2D eigenvalue weighted by atomic mass is 10.2. The summed E-state index contributed by atoms with van der Waals surface area (Å²) in [6, 6.07) is 4.87. The number of hydrogen-bond acceptors (Lipinski definition) is 4. The van der Waals surface area contributed by atoms with Crippen LogP contribution in [0.1, 0.15) is 5.56 Å². The van der Waals surface area contributed by atoms with E-state index in [9.17, 15) is 8.42 Å². The highest BCUT2D eigenvalue weighted by Crippen LogP contribution is 2.33. The number of fused-ring (bicyclic) bond motifs is 1. The molecule has 0 saturated carbocycles. The second-order valence-corrected chi connectivity index (χ2v) is 6.12. The van der Waals surface area contributed by atoms with Crippen molar-refractivity contribution in [3.8, 4) is 0 Å². The van der Waals surface area contributed by atoms with Crippen LogP contribution in [-0.2, 0) is 9.84 Å². The van der Waals surface area contributed by atoms with Crippen LogP contribution in [0.3, 0.4) is 0 Å². The Balaban J connectivity index is 2.52. The summed E-state index contributed by atoms with van der Waals surface area (Å²) in [5.74, 6) is 0. The van der Waals surface area contributed by atoms with Crippen molar-refractivity contribution >= 4 is 21.6 Å². The molecule has 0 aliphatic carbocycles.